The van der Waals surface area contributed by atoms with Crippen LogP contribution in [0.2, 0.25) is 0 Å². The maximum absolute atomic E-state index is 12.4. The van der Waals surface area contributed by atoms with Crippen LogP contribution in [0.4, 0.5) is 3.89 Å². The molecule has 0 spiro atoms. The molecule has 0 fully saturated rings. The first kappa shape index (κ1) is 13.8. The Labute approximate surface area is 103 Å². The molecule has 1 aromatic carbocycles. The van der Waals surface area contributed by atoms with Gasteiger partial charge in [0.1, 0.15) is 5.75 Å². The molecule has 0 saturated heterocycles. The average molecular weight is 280 g/mol. The predicted molar refractivity (Wildman–Crippen MR) is 60.4 cm³/mol. The molecule has 0 aliphatic heterocycles. The molecule has 17 heavy (non-hydrogen) atoms. The van der Waals surface area contributed by atoms with Crippen LogP contribution in [0.5, 0.6) is 5.75 Å². The maximum atomic E-state index is 12.4. The van der Waals surface area contributed by atoms with E-state index < -0.39 is 16.5 Å². The Kier molecular flexibility index (Phi) is 3.99. The fourth-order valence-corrected chi connectivity index (χ4v) is 1.74. The Bertz CT molecular complexity index is 553. The maximum Gasteiger partial charge on any atom is 0.488 e. The van der Waals surface area contributed by atoms with E-state index in [1.165, 1.54) is 13.0 Å². The molecule has 0 saturated carbocycles. The molecule has 94 valence electrons. The summed E-state index contributed by atoms with van der Waals surface area (Å²) in [6.07, 6.45) is 0. The van der Waals surface area contributed by atoms with Crippen LogP contribution < -0.4 is 4.18 Å². The predicted octanol–water partition coefficient (Wildman–Crippen LogP) is 1.66. The lowest BCUT2D eigenvalue weighted by molar-refractivity contribution is 0.0600. The zero-order chi connectivity index (χ0) is 13.2. The Morgan fingerprint density at radius 2 is 2.00 bits per heavy atom. The minimum absolute atomic E-state index is 0.0155. The van der Waals surface area contributed by atoms with Gasteiger partial charge in [-0.3, -0.25) is 0 Å². The van der Waals surface area contributed by atoms with Gasteiger partial charge in [-0.25, -0.2) is 4.79 Å². The van der Waals surface area contributed by atoms with Gasteiger partial charge in [0.15, 0.2) is 0 Å². The van der Waals surface area contributed by atoms with Crippen LogP contribution in [0.15, 0.2) is 17.0 Å². The third-order valence-corrected chi connectivity index (χ3v) is 2.79. The number of esters is 1. The third kappa shape index (κ3) is 3.60. The van der Waals surface area contributed by atoms with Crippen LogP contribution in [0.25, 0.3) is 0 Å². The number of halogens is 1. The van der Waals surface area contributed by atoms with Gasteiger partial charge in [-0.1, -0.05) is 3.89 Å². The van der Waals surface area contributed by atoms with Crippen molar-refractivity contribution in [2.45, 2.75) is 11.8 Å². The van der Waals surface area contributed by atoms with E-state index >= 15 is 0 Å². The summed E-state index contributed by atoms with van der Waals surface area (Å²) in [7, 11) is -3.99. The first-order chi connectivity index (χ1) is 7.74. The number of thiol groups is 1. The fourth-order valence-electron chi connectivity index (χ4n) is 1.10. The molecule has 8 heteroatoms. The molecule has 0 unspecified atom stereocenters. The number of carbonyl (C=O) groups is 1. The van der Waals surface area contributed by atoms with Crippen LogP contribution in [0, 0.1) is 6.92 Å². The molecule has 0 radical (unpaired) electrons. The van der Waals surface area contributed by atoms with E-state index in [0.717, 1.165) is 13.2 Å². The van der Waals surface area contributed by atoms with Crippen molar-refractivity contribution in [3.8, 4) is 5.75 Å². The normalized spacial score (nSPS) is 11.1. The minimum atomic E-state index is -5.15. The highest BCUT2D eigenvalue weighted by atomic mass is 32.3. The zero-order valence-corrected chi connectivity index (χ0v) is 10.6. The number of ether oxygens (including phenoxy) is 1. The van der Waals surface area contributed by atoms with Crippen molar-refractivity contribution in [1.82, 2.24) is 0 Å². The second kappa shape index (κ2) is 4.92. The quantitative estimate of drug-likeness (QED) is 0.518. The van der Waals surface area contributed by atoms with Gasteiger partial charge < -0.3 is 8.92 Å². The van der Waals surface area contributed by atoms with Crippen LogP contribution in [0.1, 0.15) is 15.9 Å². The molecule has 0 aliphatic rings. The highest BCUT2D eigenvalue weighted by molar-refractivity contribution is 7.81. The van der Waals surface area contributed by atoms with E-state index in [0.29, 0.717) is 5.56 Å². The number of methoxy groups -OCH3 is 1. The second-order valence-corrected chi connectivity index (χ2v) is 4.52. The summed E-state index contributed by atoms with van der Waals surface area (Å²) >= 11 is 4.02. The molecular weight excluding hydrogens is 271 g/mol. The molecule has 0 aromatic heterocycles. The Hall–Kier alpha value is -1.28. The summed E-state index contributed by atoms with van der Waals surface area (Å²) in [5.41, 5.74) is 0.309. The average Bonchev–Trinajstić information content (AvgIpc) is 2.21. The summed E-state index contributed by atoms with van der Waals surface area (Å²) in [5, 5.41) is 0. The SMILES string of the molecule is COC(=O)c1cc(S)c(C)c(OS(=O)(=O)F)c1. The largest absolute Gasteiger partial charge is 0.488 e. The molecule has 1 rings (SSSR count). The lowest BCUT2D eigenvalue weighted by Crippen LogP contribution is -2.06. The van der Waals surface area contributed by atoms with Crippen molar-refractivity contribution in [3.63, 3.8) is 0 Å². The van der Waals surface area contributed by atoms with Crippen molar-refractivity contribution in [3.05, 3.63) is 23.3 Å². The smallest absolute Gasteiger partial charge is 0.465 e. The molecule has 5 nitrogen and oxygen atoms in total. The highest BCUT2D eigenvalue weighted by Gasteiger charge is 2.17. The first-order valence-corrected chi connectivity index (χ1v) is 6.06. The number of carbonyl (C=O) groups excluding carboxylic acids is 1. The third-order valence-electron chi connectivity index (χ3n) is 1.94. The van der Waals surface area contributed by atoms with Crippen molar-refractivity contribution < 1.29 is 26.0 Å². The molecule has 0 atom stereocenters. The summed E-state index contributed by atoms with van der Waals surface area (Å²) < 4.78 is 41.7. The molecule has 0 bridgehead atoms. The van der Waals surface area contributed by atoms with Gasteiger partial charge in [0, 0.05) is 10.5 Å². The van der Waals surface area contributed by atoms with Gasteiger partial charge in [-0.05, 0) is 19.1 Å². The molecule has 1 aromatic rings. The van der Waals surface area contributed by atoms with Crippen molar-refractivity contribution in [1.29, 1.82) is 0 Å². The van der Waals surface area contributed by atoms with Crippen LogP contribution in [-0.4, -0.2) is 21.5 Å². The van der Waals surface area contributed by atoms with Gasteiger partial charge >= 0.3 is 16.5 Å². The number of hydrogen-bond donors (Lipinski definition) is 1. The molecule has 0 heterocycles. The summed E-state index contributed by atoms with van der Waals surface area (Å²) in [5.74, 6) is -1.01. The van der Waals surface area contributed by atoms with Crippen molar-refractivity contribution in [2.75, 3.05) is 7.11 Å². The fraction of sp³-hybridized carbons (Fsp3) is 0.222. The lowest BCUT2D eigenvalue weighted by Gasteiger charge is -2.09. The zero-order valence-electron chi connectivity index (χ0n) is 8.93. The Balaban J connectivity index is 3.30. The monoisotopic (exact) mass is 280 g/mol. The van der Waals surface area contributed by atoms with Crippen molar-refractivity contribution >= 4 is 29.1 Å². The topological polar surface area (TPSA) is 69.7 Å². The van der Waals surface area contributed by atoms with Gasteiger partial charge in [-0.2, -0.15) is 8.42 Å². The van der Waals surface area contributed by atoms with Gasteiger partial charge in [0.05, 0.1) is 12.7 Å². The number of benzene rings is 1. The Morgan fingerprint density at radius 1 is 1.41 bits per heavy atom. The number of hydrogen-bond acceptors (Lipinski definition) is 6. The van der Waals surface area contributed by atoms with E-state index in [1.54, 1.807) is 0 Å². The highest BCUT2D eigenvalue weighted by Crippen LogP contribution is 2.28. The summed E-state index contributed by atoms with van der Waals surface area (Å²) in [6.45, 7) is 1.48. The van der Waals surface area contributed by atoms with Gasteiger partial charge in [-0.15, -0.1) is 12.6 Å². The standard InChI is InChI=1S/C9H9FO5S2/c1-5-7(15-17(10,12)13)3-6(4-8(5)16)9(11)14-2/h3-4,16H,1-2H3. The molecular formula is C9H9FO5S2. The molecule has 0 N–H and O–H groups in total. The summed E-state index contributed by atoms with van der Waals surface area (Å²) in [6, 6.07) is 2.43. The van der Waals surface area contributed by atoms with Crippen LogP contribution >= 0.6 is 12.6 Å². The van der Waals surface area contributed by atoms with Crippen molar-refractivity contribution in [2.24, 2.45) is 0 Å². The Morgan fingerprint density at radius 3 is 2.47 bits per heavy atom. The molecule has 0 amide bonds. The first-order valence-electron chi connectivity index (χ1n) is 4.30. The van der Waals surface area contributed by atoms with E-state index in [9.17, 15) is 17.1 Å². The summed E-state index contributed by atoms with van der Waals surface area (Å²) in [4.78, 5) is 11.5. The molecule has 0 aliphatic carbocycles. The number of rotatable bonds is 3. The van der Waals surface area contributed by atoms with E-state index in [-0.39, 0.29) is 16.2 Å². The lowest BCUT2D eigenvalue weighted by atomic mass is 10.1. The van der Waals surface area contributed by atoms with Crippen LogP contribution in [0.3, 0.4) is 0 Å². The van der Waals surface area contributed by atoms with E-state index in [1.807, 2.05) is 0 Å². The minimum Gasteiger partial charge on any atom is -0.465 e. The van der Waals surface area contributed by atoms with E-state index in [2.05, 4.69) is 21.5 Å². The second-order valence-electron chi connectivity index (χ2n) is 3.09. The van der Waals surface area contributed by atoms with Gasteiger partial charge in [0.2, 0.25) is 0 Å². The van der Waals surface area contributed by atoms with Gasteiger partial charge in [0.25, 0.3) is 0 Å². The van der Waals surface area contributed by atoms with Crippen LogP contribution in [-0.2, 0) is 15.2 Å². The van der Waals surface area contributed by atoms with E-state index in [4.69, 9.17) is 0 Å².